The van der Waals surface area contributed by atoms with Crippen molar-refractivity contribution in [1.29, 1.82) is 0 Å². The van der Waals surface area contributed by atoms with E-state index in [0.29, 0.717) is 11.4 Å². The number of furan rings is 1. The second-order valence-corrected chi connectivity index (χ2v) is 4.60. The third-order valence-electron chi connectivity index (χ3n) is 2.74. The summed E-state index contributed by atoms with van der Waals surface area (Å²) >= 11 is 5.71. The Hall–Kier alpha value is -2.01. The first kappa shape index (κ1) is 14.4. The van der Waals surface area contributed by atoms with Crippen LogP contribution in [0.3, 0.4) is 0 Å². The van der Waals surface area contributed by atoms with Gasteiger partial charge in [-0.05, 0) is 37.3 Å². The Labute approximate surface area is 120 Å². The van der Waals surface area contributed by atoms with Gasteiger partial charge < -0.3 is 14.5 Å². The molecule has 2 rings (SSSR count). The summed E-state index contributed by atoms with van der Waals surface area (Å²) in [5, 5.41) is 3.14. The first-order chi connectivity index (χ1) is 9.51. The fourth-order valence-corrected chi connectivity index (χ4v) is 1.88. The normalized spacial score (nSPS) is 12.0. The van der Waals surface area contributed by atoms with Crippen molar-refractivity contribution in [1.82, 2.24) is 0 Å². The molecule has 0 aliphatic rings. The Morgan fingerprint density at radius 2 is 2.15 bits per heavy atom. The van der Waals surface area contributed by atoms with Gasteiger partial charge >= 0.3 is 5.97 Å². The Morgan fingerprint density at radius 1 is 1.40 bits per heavy atom. The van der Waals surface area contributed by atoms with Crippen molar-refractivity contribution < 1.29 is 18.3 Å². The van der Waals surface area contributed by atoms with E-state index in [9.17, 15) is 9.18 Å². The highest BCUT2D eigenvalue weighted by atomic mass is 35.5. The van der Waals surface area contributed by atoms with Crippen molar-refractivity contribution in [2.45, 2.75) is 13.0 Å². The van der Waals surface area contributed by atoms with Gasteiger partial charge in [0, 0.05) is 5.69 Å². The number of ether oxygens (including phenoxy) is 1. The molecule has 1 aromatic carbocycles. The van der Waals surface area contributed by atoms with Crippen LogP contribution in [0, 0.1) is 5.82 Å². The maximum atomic E-state index is 13.1. The minimum atomic E-state index is -0.534. The first-order valence-electron chi connectivity index (χ1n) is 5.91. The number of nitrogens with one attached hydrogen (secondary N) is 1. The molecule has 6 heteroatoms. The van der Waals surface area contributed by atoms with E-state index in [1.165, 1.54) is 25.3 Å². The monoisotopic (exact) mass is 297 g/mol. The van der Waals surface area contributed by atoms with E-state index in [-0.39, 0.29) is 16.8 Å². The topological polar surface area (TPSA) is 51.5 Å². The minimum absolute atomic E-state index is 0.0388. The number of methoxy groups -OCH3 is 1. The maximum absolute atomic E-state index is 13.1. The summed E-state index contributed by atoms with van der Waals surface area (Å²) in [7, 11) is 1.28. The summed E-state index contributed by atoms with van der Waals surface area (Å²) < 4.78 is 23.0. The lowest BCUT2D eigenvalue weighted by Gasteiger charge is -2.13. The van der Waals surface area contributed by atoms with Gasteiger partial charge in [-0.25, -0.2) is 9.18 Å². The van der Waals surface area contributed by atoms with Crippen LogP contribution >= 0.6 is 11.6 Å². The maximum Gasteiger partial charge on any atom is 0.373 e. The Bertz CT molecular complexity index is 627. The molecular formula is C14H13ClFNO3. The lowest BCUT2D eigenvalue weighted by molar-refractivity contribution is 0.0562. The van der Waals surface area contributed by atoms with Crippen molar-refractivity contribution in [2.24, 2.45) is 0 Å². The van der Waals surface area contributed by atoms with Crippen molar-refractivity contribution in [3.63, 3.8) is 0 Å². The van der Waals surface area contributed by atoms with Crippen LogP contribution in [0.5, 0.6) is 0 Å². The summed E-state index contributed by atoms with van der Waals surface area (Å²) in [4.78, 5) is 11.3. The SMILES string of the molecule is COC(=O)c1ccc(C(C)Nc2ccc(F)c(Cl)c2)o1. The molecule has 0 aliphatic heterocycles. The molecule has 4 nitrogen and oxygen atoms in total. The molecule has 0 spiro atoms. The molecule has 1 N–H and O–H groups in total. The van der Waals surface area contributed by atoms with Crippen LogP contribution in [0.4, 0.5) is 10.1 Å². The van der Waals surface area contributed by atoms with Crippen LogP contribution in [0.1, 0.15) is 29.3 Å². The molecule has 0 bridgehead atoms. The zero-order chi connectivity index (χ0) is 14.7. The number of hydrogen-bond donors (Lipinski definition) is 1. The van der Waals surface area contributed by atoms with E-state index in [0.717, 1.165) is 0 Å². The number of carbonyl (C=O) groups excluding carboxylic acids is 1. The van der Waals surface area contributed by atoms with Gasteiger partial charge in [0.15, 0.2) is 0 Å². The molecule has 0 aliphatic carbocycles. The summed E-state index contributed by atoms with van der Waals surface area (Å²) in [6.07, 6.45) is 0. The predicted molar refractivity (Wildman–Crippen MR) is 73.5 cm³/mol. The van der Waals surface area contributed by atoms with Gasteiger partial charge in [-0.2, -0.15) is 0 Å². The third kappa shape index (κ3) is 3.11. The Kier molecular flexibility index (Phi) is 4.29. The van der Waals surface area contributed by atoms with Crippen LogP contribution in [0.2, 0.25) is 5.02 Å². The summed E-state index contributed by atoms with van der Waals surface area (Å²) in [5.74, 6) is -0.316. The second-order valence-electron chi connectivity index (χ2n) is 4.19. The summed E-state index contributed by atoms with van der Waals surface area (Å²) in [5.41, 5.74) is 0.653. The van der Waals surface area contributed by atoms with Gasteiger partial charge in [0.1, 0.15) is 11.6 Å². The zero-order valence-corrected chi connectivity index (χ0v) is 11.7. The van der Waals surface area contributed by atoms with Crippen molar-refractivity contribution in [2.75, 3.05) is 12.4 Å². The number of halogens is 2. The quantitative estimate of drug-likeness (QED) is 0.866. The summed E-state index contributed by atoms with van der Waals surface area (Å²) in [6.45, 7) is 1.84. The number of rotatable bonds is 4. The number of anilines is 1. The molecule has 106 valence electrons. The molecule has 0 amide bonds. The van der Waals surface area contributed by atoms with E-state index >= 15 is 0 Å². The molecule has 1 atom stereocenters. The highest BCUT2D eigenvalue weighted by Gasteiger charge is 2.15. The van der Waals surface area contributed by atoms with Crippen molar-refractivity contribution >= 4 is 23.3 Å². The van der Waals surface area contributed by atoms with Gasteiger partial charge in [0.25, 0.3) is 0 Å². The first-order valence-corrected chi connectivity index (χ1v) is 6.28. The van der Waals surface area contributed by atoms with E-state index in [2.05, 4.69) is 10.1 Å². The molecule has 1 aromatic heterocycles. The zero-order valence-electron chi connectivity index (χ0n) is 10.9. The Balaban J connectivity index is 2.11. The van der Waals surface area contributed by atoms with Gasteiger partial charge in [0.2, 0.25) is 5.76 Å². The van der Waals surface area contributed by atoms with E-state index in [4.69, 9.17) is 16.0 Å². The molecule has 1 unspecified atom stereocenters. The average Bonchev–Trinajstić information content (AvgIpc) is 2.92. The van der Waals surface area contributed by atoms with Crippen LogP contribution in [0.15, 0.2) is 34.7 Å². The number of hydrogen-bond acceptors (Lipinski definition) is 4. The Morgan fingerprint density at radius 3 is 2.80 bits per heavy atom. The lowest BCUT2D eigenvalue weighted by atomic mass is 10.2. The lowest BCUT2D eigenvalue weighted by Crippen LogP contribution is -2.06. The van der Waals surface area contributed by atoms with Crippen LogP contribution in [-0.4, -0.2) is 13.1 Å². The highest BCUT2D eigenvalue weighted by Crippen LogP contribution is 2.25. The van der Waals surface area contributed by atoms with Gasteiger partial charge in [0.05, 0.1) is 18.2 Å². The molecule has 1 heterocycles. The minimum Gasteiger partial charge on any atom is -0.463 e. The third-order valence-corrected chi connectivity index (χ3v) is 3.03. The van der Waals surface area contributed by atoms with Crippen molar-refractivity contribution in [3.8, 4) is 0 Å². The summed E-state index contributed by atoms with van der Waals surface area (Å²) in [6, 6.07) is 7.33. The average molecular weight is 298 g/mol. The van der Waals surface area contributed by atoms with Crippen molar-refractivity contribution in [3.05, 3.63) is 52.7 Å². The second kappa shape index (κ2) is 5.96. The van der Waals surface area contributed by atoms with Crippen LogP contribution in [0.25, 0.3) is 0 Å². The number of benzene rings is 1. The van der Waals surface area contributed by atoms with Gasteiger partial charge in [-0.3, -0.25) is 0 Å². The molecular weight excluding hydrogens is 285 g/mol. The molecule has 20 heavy (non-hydrogen) atoms. The molecule has 2 aromatic rings. The standard InChI is InChI=1S/C14H13ClFNO3/c1-8(12-5-6-13(20-12)14(18)19-2)17-9-3-4-11(16)10(15)7-9/h3-8,17H,1-2H3. The van der Waals surface area contributed by atoms with Gasteiger partial charge in [-0.1, -0.05) is 11.6 Å². The largest absolute Gasteiger partial charge is 0.463 e. The van der Waals surface area contributed by atoms with E-state index in [1.54, 1.807) is 12.1 Å². The van der Waals surface area contributed by atoms with Crippen LogP contribution < -0.4 is 5.32 Å². The molecule has 0 fully saturated rings. The van der Waals surface area contributed by atoms with E-state index < -0.39 is 11.8 Å². The molecule has 0 saturated carbocycles. The fourth-order valence-electron chi connectivity index (χ4n) is 1.70. The predicted octanol–water partition coefficient (Wildman–Crippen LogP) is 4.03. The van der Waals surface area contributed by atoms with E-state index in [1.807, 2.05) is 6.92 Å². The molecule has 0 saturated heterocycles. The molecule has 0 radical (unpaired) electrons. The van der Waals surface area contributed by atoms with Crippen LogP contribution in [-0.2, 0) is 4.74 Å². The highest BCUT2D eigenvalue weighted by molar-refractivity contribution is 6.31. The number of esters is 1. The smallest absolute Gasteiger partial charge is 0.373 e. The van der Waals surface area contributed by atoms with Gasteiger partial charge in [-0.15, -0.1) is 0 Å². The fraction of sp³-hybridized carbons (Fsp3) is 0.214. The number of carbonyl (C=O) groups is 1.